The number of hydrogen-bond donors (Lipinski definition) is 2. The fourth-order valence-electron chi connectivity index (χ4n) is 4.36. The van der Waals surface area contributed by atoms with Gasteiger partial charge in [0.1, 0.15) is 23.4 Å². The van der Waals surface area contributed by atoms with Crippen LogP contribution in [0.25, 0.3) is 5.70 Å². The second-order valence-electron chi connectivity index (χ2n) is 8.32. The molecule has 1 fully saturated rings. The molecule has 0 spiro atoms. The van der Waals surface area contributed by atoms with Gasteiger partial charge in [-0.1, -0.05) is 0 Å². The number of ether oxygens (including phenoxy) is 2. The summed E-state index contributed by atoms with van der Waals surface area (Å²) in [6, 6.07) is 3.39. The van der Waals surface area contributed by atoms with Crippen LogP contribution in [0, 0.1) is 6.92 Å². The molecule has 1 saturated heterocycles. The third-order valence-corrected chi connectivity index (χ3v) is 6.05. The molecular formula is C22H26N8O3. The first-order chi connectivity index (χ1) is 15.9. The van der Waals surface area contributed by atoms with E-state index in [1.807, 2.05) is 54.4 Å². The number of fused-ring (bicyclic) bond motifs is 1. The number of aliphatic imine (C=N–C) groups is 1. The Balaban J connectivity index is 1.59. The van der Waals surface area contributed by atoms with Crippen LogP contribution in [0.5, 0.6) is 0 Å². The molecule has 3 aliphatic heterocycles. The molecule has 0 aliphatic carbocycles. The summed E-state index contributed by atoms with van der Waals surface area (Å²) in [5.41, 5.74) is 8.46. The van der Waals surface area contributed by atoms with E-state index < -0.39 is 11.6 Å². The maximum atomic E-state index is 11.4. The monoisotopic (exact) mass is 450 g/mol. The van der Waals surface area contributed by atoms with E-state index in [1.165, 1.54) is 0 Å². The van der Waals surface area contributed by atoms with Gasteiger partial charge >= 0.3 is 6.03 Å². The van der Waals surface area contributed by atoms with Gasteiger partial charge in [0, 0.05) is 51.2 Å². The summed E-state index contributed by atoms with van der Waals surface area (Å²) in [5.74, 6) is 1.12. The van der Waals surface area contributed by atoms with Gasteiger partial charge in [-0.05, 0) is 24.6 Å². The number of carbonyl (C=O) groups is 1. The van der Waals surface area contributed by atoms with Crippen molar-refractivity contribution in [1.82, 2.24) is 25.0 Å². The van der Waals surface area contributed by atoms with Gasteiger partial charge in [0.25, 0.3) is 0 Å². The number of methoxy groups -OCH3 is 1. The zero-order valence-corrected chi connectivity index (χ0v) is 18.7. The molecule has 172 valence electrons. The molecule has 2 aromatic heterocycles. The number of nitrogens with two attached hydrogens (primary N) is 1. The number of aromatic nitrogens is 3. The average Bonchev–Trinajstić information content (AvgIpc) is 3.51. The summed E-state index contributed by atoms with van der Waals surface area (Å²) in [4.78, 5) is 24.8. The lowest BCUT2D eigenvalue weighted by atomic mass is 9.96. The molecule has 11 nitrogen and oxygen atoms in total. The molecule has 0 bridgehead atoms. The van der Waals surface area contributed by atoms with Gasteiger partial charge in [-0.2, -0.15) is 5.10 Å². The van der Waals surface area contributed by atoms with Crippen molar-refractivity contribution in [3.63, 3.8) is 0 Å². The van der Waals surface area contributed by atoms with Gasteiger partial charge in [-0.3, -0.25) is 10.00 Å². The number of amides is 2. The zero-order chi connectivity index (χ0) is 23.2. The van der Waals surface area contributed by atoms with E-state index in [-0.39, 0.29) is 6.17 Å². The van der Waals surface area contributed by atoms with Gasteiger partial charge in [-0.15, -0.1) is 0 Å². The molecule has 0 radical (unpaired) electrons. The highest BCUT2D eigenvalue weighted by Crippen LogP contribution is 2.38. The minimum absolute atomic E-state index is 0.306. The predicted molar refractivity (Wildman–Crippen MR) is 122 cm³/mol. The summed E-state index contributed by atoms with van der Waals surface area (Å²) in [6.45, 7) is 3.13. The molecule has 2 aromatic rings. The summed E-state index contributed by atoms with van der Waals surface area (Å²) in [7, 11) is 3.56. The Hall–Kier alpha value is -3.70. The summed E-state index contributed by atoms with van der Waals surface area (Å²) >= 11 is 0. The van der Waals surface area contributed by atoms with Crippen LogP contribution >= 0.6 is 0 Å². The van der Waals surface area contributed by atoms with E-state index >= 15 is 0 Å². The molecule has 2 atom stereocenters. The third kappa shape index (κ3) is 3.74. The molecule has 2 amide bonds. The van der Waals surface area contributed by atoms with Crippen LogP contribution < -0.4 is 16.0 Å². The number of nitrogens with zero attached hydrogens (tertiary/aromatic N) is 6. The highest BCUT2D eigenvalue weighted by atomic mass is 16.5. The first-order valence-corrected chi connectivity index (χ1v) is 10.6. The minimum Gasteiger partial charge on any atom is -0.378 e. The van der Waals surface area contributed by atoms with Gasteiger partial charge in [0.15, 0.2) is 0 Å². The van der Waals surface area contributed by atoms with Crippen LogP contribution in [0.3, 0.4) is 0 Å². The van der Waals surface area contributed by atoms with E-state index in [0.717, 1.165) is 34.8 Å². The van der Waals surface area contributed by atoms with Crippen molar-refractivity contribution in [3.8, 4) is 0 Å². The molecule has 5 rings (SSSR count). The molecule has 3 N–H and O–H groups in total. The van der Waals surface area contributed by atoms with E-state index in [1.54, 1.807) is 24.3 Å². The number of urea groups is 1. The van der Waals surface area contributed by atoms with Crippen LogP contribution in [0.15, 0.2) is 47.6 Å². The molecule has 3 aliphatic rings. The maximum absolute atomic E-state index is 11.4. The molecule has 1 unspecified atom stereocenters. The summed E-state index contributed by atoms with van der Waals surface area (Å²) in [6.07, 6.45) is 9.68. The van der Waals surface area contributed by atoms with Crippen LogP contribution in [-0.2, 0) is 22.1 Å². The SMILES string of the molecule is CO[C@@]1(c2cc(C)cc(N3C=C(c4cnn(C)c4)N4C=NC(NC(N)=O)=CC43)n2)CCOC1. The fourth-order valence-corrected chi connectivity index (χ4v) is 4.36. The Labute approximate surface area is 191 Å². The standard InChI is InChI=1S/C22H26N8O3/c1-14-6-17(22(32-3)4-5-33-12-22)26-19(7-14)29-11-16(15-9-25-28(2)10-15)30-13-24-18(8-20(29)30)27-21(23)31/h6-11,13,20H,4-5,12H2,1-3H3,(H3,23,27,31)/t20?,22-/m0/s1. The van der Waals surface area contributed by atoms with Crippen molar-refractivity contribution in [2.24, 2.45) is 17.8 Å². The van der Waals surface area contributed by atoms with E-state index in [2.05, 4.69) is 15.4 Å². The Morgan fingerprint density at radius 1 is 1.36 bits per heavy atom. The van der Waals surface area contributed by atoms with Crippen molar-refractivity contribution in [3.05, 3.63) is 59.4 Å². The van der Waals surface area contributed by atoms with Gasteiger partial charge in [0.05, 0.1) is 30.5 Å². The number of hydrogen-bond acceptors (Lipinski definition) is 8. The van der Waals surface area contributed by atoms with Crippen LogP contribution in [0.2, 0.25) is 0 Å². The highest BCUT2D eigenvalue weighted by molar-refractivity contribution is 5.84. The number of pyridine rings is 1. The van der Waals surface area contributed by atoms with E-state index in [4.69, 9.17) is 20.2 Å². The summed E-state index contributed by atoms with van der Waals surface area (Å²) in [5, 5.41) is 6.86. The Bertz CT molecular complexity index is 1180. The normalized spacial score (nSPS) is 24.0. The first-order valence-electron chi connectivity index (χ1n) is 10.6. The molecule has 0 aromatic carbocycles. The number of primary amides is 1. The smallest absolute Gasteiger partial charge is 0.317 e. The van der Waals surface area contributed by atoms with Gasteiger partial charge in [0.2, 0.25) is 0 Å². The lowest BCUT2D eigenvalue weighted by Gasteiger charge is -2.32. The fraction of sp³-hybridized carbons (Fsp3) is 0.364. The number of rotatable bonds is 5. The largest absolute Gasteiger partial charge is 0.378 e. The number of aryl methyl sites for hydroxylation is 2. The molecule has 5 heterocycles. The number of anilines is 1. The van der Waals surface area contributed by atoms with Crippen LogP contribution in [0.4, 0.5) is 10.6 Å². The second-order valence-corrected chi connectivity index (χ2v) is 8.32. The van der Waals surface area contributed by atoms with Crippen LogP contribution in [-0.4, -0.2) is 58.5 Å². The van der Waals surface area contributed by atoms with Crippen LogP contribution in [0.1, 0.15) is 23.2 Å². The third-order valence-electron chi connectivity index (χ3n) is 6.05. The van der Waals surface area contributed by atoms with Crippen molar-refractivity contribution in [1.29, 1.82) is 0 Å². The van der Waals surface area contributed by atoms with Crippen molar-refractivity contribution < 1.29 is 14.3 Å². The number of carbonyl (C=O) groups excluding carboxylic acids is 1. The highest BCUT2D eigenvalue weighted by Gasteiger charge is 2.40. The van der Waals surface area contributed by atoms with Gasteiger partial charge in [-0.25, -0.2) is 14.8 Å². The van der Waals surface area contributed by atoms with E-state index in [9.17, 15) is 4.79 Å². The molecule has 33 heavy (non-hydrogen) atoms. The Morgan fingerprint density at radius 3 is 2.88 bits per heavy atom. The zero-order valence-electron chi connectivity index (χ0n) is 18.7. The first kappa shape index (κ1) is 21.2. The maximum Gasteiger partial charge on any atom is 0.317 e. The topological polar surface area (TPSA) is 123 Å². The Kier molecular flexibility index (Phi) is 5.14. The second kappa shape index (κ2) is 8.01. The summed E-state index contributed by atoms with van der Waals surface area (Å²) < 4.78 is 13.3. The molecule has 11 heteroatoms. The Morgan fingerprint density at radius 2 is 2.21 bits per heavy atom. The predicted octanol–water partition coefficient (Wildman–Crippen LogP) is 1.38. The van der Waals surface area contributed by atoms with Crippen molar-refractivity contribution in [2.45, 2.75) is 25.1 Å². The lowest BCUT2D eigenvalue weighted by molar-refractivity contribution is -0.0245. The molecular weight excluding hydrogens is 424 g/mol. The molecule has 0 saturated carbocycles. The van der Waals surface area contributed by atoms with Crippen molar-refractivity contribution in [2.75, 3.05) is 25.2 Å². The average molecular weight is 451 g/mol. The number of nitrogens with one attached hydrogen (secondary N) is 1. The van der Waals surface area contributed by atoms with Crippen molar-refractivity contribution >= 4 is 23.9 Å². The lowest BCUT2D eigenvalue weighted by Crippen LogP contribution is -2.42. The minimum atomic E-state index is -0.670. The van der Waals surface area contributed by atoms with Gasteiger partial charge < -0.3 is 25.0 Å². The quantitative estimate of drug-likeness (QED) is 0.705. The van der Waals surface area contributed by atoms with E-state index in [0.29, 0.717) is 19.0 Å².